The fourth-order valence-corrected chi connectivity index (χ4v) is 4.97. The van der Waals surface area contributed by atoms with Crippen LogP contribution in [-0.4, -0.2) is 45.1 Å². The van der Waals surface area contributed by atoms with Crippen LogP contribution in [0.15, 0.2) is 23.1 Å². The van der Waals surface area contributed by atoms with Gasteiger partial charge < -0.3 is 15.2 Å². The van der Waals surface area contributed by atoms with Crippen molar-refractivity contribution in [3.8, 4) is 11.5 Å². The first-order chi connectivity index (χ1) is 10.5. The van der Waals surface area contributed by atoms with Crippen LogP contribution in [0.3, 0.4) is 0 Å². The molecule has 2 unspecified atom stereocenters. The molecule has 0 amide bonds. The van der Waals surface area contributed by atoms with Crippen molar-refractivity contribution in [2.75, 3.05) is 26.3 Å². The van der Waals surface area contributed by atoms with E-state index in [0.29, 0.717) is 37.8 Å². The zero-order chi connectivity index (χ0) is 15.7. The van der Waals surface area contributed by atoms with Crippen LogP contribution in [0, 0.1) is 5.92 Å². The van der Waals surface area contributed by atoms with E-state index in [2.05, 4.69) is 6.92 Å². The van der Waals surface area contributed by atoms with Crippen LogP contribution in [0.5, 0.6) is 11.5 Å². The Bertz CT molecular complexity index is 653. The second-order valence-corrected chi connectivity index (χ2v) is 7.73. The van der Waals surface area contributed by atoms with Crippen LogP contribution in [0.1, 0.15) is 19.8 Å². The molecule has 3 rings (SSSR count). The summed E-state index contributed by atoms with van der Waals surface area (Å²) in [5.41, 5.74) is 5.82. The van der Waals surface area contributed by atoms with E-state index in [1.807, 2.05) is 0 Å². The van der Waals surface area contributed by atoms with Crippen molar-refractivity contribution in [1.29, 1.82) is 0 Å². The summed E-state index contributed by atoms with van der Waals surface area (Å²) in [4.78, 5) is 0.240. The molecule has 2 N–H and O–H groups in total. The topological polar surface area (TPSA) is 81.9 Å². The molecular weight excluding hydrogens is 340 g/mol. The fraction of sp³-hybridized carbons (Fsp3) is 0.600. The van der Waals surface area contributed by atoms with E-state index in [0.717, 1.165) is 12.8 Å². The van der Waals surface area contributed by atoms with Crippen molar-refractivity contribution in [2.45, 2.75) is 30.7 Å². The van der Waals surface area contributed by atoms with Gasteiger partial charge in [0.2, 0.25) is 10.0 Å². The summed E-state index contributed by atoms with van der Waals surface area (Å²) >= 11 is 0. The minimum atomic E-state index is -3.57. The Balaban J connectivity index is 0.00000192. The van der Waals surface area contributed by atoms with Crippen molar-refractivity contribution in [2.24, 2.45) is 11.7 Å². The van der Waals surface area contributed by atoms with Crippen molar-refractivity contribution < 1.29 is 17.9 Å². The predicted molar refractivity (Wildman–Crippen MR) is 89.8 cm³/mol. The molecule has 1 saturated heterocycles. The Morgan fingerprint density at radius 1 is 1.26 bits per heavy atom. The zero-order valence-electron chi connectivity index (χ0n) is 13.1. The average molecular weight is 363 g/mol. The number of piperidine rings is 1. The number of ether oxygens (including phenoxy) is 2. The number of hydrogen-bond acceptors (Lipinski definition) is 5. The largest absolute Gasteiger partial charge is 0.486 e. The van der Waals surface area contributed by atoms with Crippen LogP contribution < -0.4 is 15.2 Å². The summed E-state index contributed by atoms with van der Waals surface area (Å²) in [5.74, 6) is 1.35. The summed E-state index contributed by atoms with van der Waals surface area (Å²) in [6.07, 6.45) is 1.87. The molecule has 130 valence electrons. The Morgan fingerprint density at radius 2 is 1.96 bits per heavy atom. The number of fused-ring (bicyclic) bond motifs is 1. The number of rotatable bonds is 3. The van der Waals surface area contributed by atoms with E-state index >= 15 is 0 Å². The summed E-state index contributed by atoms with van der Waals surface area (Å²) < 4.78 is 38.4. The minimum Gasteiger partial charge on any atom is -0.486 e. The Kier molecular flexibility index (Phi) is 5.78. The maximum absolute atomic E-state index is 13.0. The smallest absolute Gasteiger partial charge is 0.243 e. The molecule has 0 saturated carbocycles. The lowest BCUT2D eigenvalue weighted by atomic mass is 9.93. The van der Waals surface area contributed by atoms with Crippen LogP contribution >= 0.6 is 12.4 Å². The van der Waals surface area contributed by atoms with Crippen molar-refractivity contribution in [3.63, 3.8) is 0 Å². The first-order valence-corrected chi connectivity index (χ1v) is 9.09. The number of halogens is 1. The van der Waals surface area contributed by atoms with Gasteiger partial charge >= 0.3 is 0 Å². The van der Waals surface area contributed by atoms with Crippen LogP contribution in [-0.2, 0) is 10.0 Å². The SMILES string of the molecule is CC1CCCN(S(=O)(=O)c2ccc3c(c2)OCCO3)C1CN.Cl. The molecule has 1 fully saturated rings. The highest BCUT2D eigenvalue weighted by Crippen LogP contribution is 2.35. The second kappa shape index (κ2) is 7.25. The predicted octanol–water partition coefficient (Wildman–Crippen LogP) is 1.63. The third kappa shape index (κ3) is 3.42. The lowest BCUT2D eigenvalue weighted by Gasteiger charge is -2.38. The molecule has 0 radical (unpaired) electrons. The first kappa shape index (κ1) is 18.3. The highest BCUT2D eigenvalue weighted by molar-refractivity contribution is 7.89. The molecule has 0 aliphatic carbocycles. The molecule has 1 aromatic carbocycles. The molecule has 6 nitrogen and oxygen atoms in total. The molecule has 2 atom stereocenters. The van der Waals surface area contributed by atoms with Gasteiger partial charge in [-0.2, -0.15) is 4.31 Å². The van der Waals surface area contributed by atoms with Crippen molar-refractivity contribution in [1.82, 2.24) is 4.31 Å². The molecule has 2 aliphatic rings. The zero-order valence-corrected chi connectivity index (χ0v) is 14.7. The molecular formula is C15H23ClN2O4S. The van der Waals surface area contributed by atoms with Gasteiger partial charge in [0.15, 0.2) is 11.5 Å². The van der Waals surface area contributed by atoms with E-state index in [1.165, 1.54) is 0 Å². The van der Waals surface area contributed by atoms with Gasteiger partial charge in [0, 0.05) is 25.2 Å². The van der Waals surface area contributed by atoms with E-state index in [4.69, 9.17) is 15.2 Å². The lowest BCUT2D eigenvalue weighted by Crippen LogP contribution is -2.51. The van der Waals surface area contributed by atoms with Gasteiger partial charge in [-0.15, -0.1) is 12.4 Å². The Labute approximate surface area is 143 Å². The fourth-order valence-electron chi connectivity index (χ4n) is 3.18. The van der Waals surface area contributed by atoms with Gasteiger partial charge in [-0.1, -0.05) is 6.92 Å². The molecule has 1 aromatic rings. The van der Waals surface area contributed by atoms with Crippen molar-refractivity contribution >= 4 is 22.4 Å². The third-order valence-corrected chi connectivity index (χ3v) is 6.35. The van der Waals surface area contributed by atoms with Gasteiger partial charge in [-0.05, 0) is 30.9 Å². The van der Waals surface area contributed by atoms with E-state index in [1.54, 1.807) is 22.5 Å². The molecule has 2 heterocycles. The maximum Gasteiger partial charge on any atom is 0.243 e. The van der Waals surface area contributed by atoms with E-state index in [-0.39, 0.29) is 29.3 Å². The summed E-state index contributed by atoms with van der Waals surface area (Å²) in [7, 11) is -3.57. The number of sulfonamides is 1. The van der Waals surface area contributed by atoms with Gasteiger partial charge in [-0.3, -0.25) is 0 Å². The number of benzene rings is 1. The lowest BCUT2D eigenvalue weighted by molar-refractivity contribution is 0.170. The first-order valence-electron chi connectivity index (χ1n) is 7.65. The van der Waals surface area contributed by atoms with Gasteiger partial charge in [0.05, 0.1) is 4.90 Å². The van der Waals surface area contributed by atoms with E-state index < -0.39 is 10.0 Å². The normalized spacial score (nSPS) is 24.8. The highest BCUT2D eigenvalue weighted by atomic mass is 35.5. The molecule has 23 heavy (non-hydrogen) atoms. The van der Waals surface area contributed by atoms with Crippen LogP contribution in [0.25, 0.3) is 0 Å². The molecule has 0 spiro atoms. The maximum atomic E-state index is 13.0. The quantitative estimate of drug-likeness (QED) is 0.883. The number of hydrogen-bond donors (Lipinski definition) is 1. The molecule has 0 aromatic heterocycles. The molecule has 8 heteroatoms. The van der Waals surface area contributed by atoms with Crippen molar-refractivity contribution in [3.05, 3.63) is 18.2 Å². The Hall–Kier alpha value is -1.02. The number of nitrogens with zero attached hydrogens (tertiary/aromatic N) is 1. The monoisotopic (exact) mass is 362 g/mol. The number of nitrogens with two attached hydrogens (primary N) is 1. The van der Waals surface area contributed by atoms with Gasteiger partial charge in [0.25, 0.3) is 0 Å². The summed E-state index contributed by atoms with van der Waals surface area (Å²) in [6.45, 7) is 3.83. The third-order valence-electron chi connectivity index (χ3n) is 4.43. The molecule has 2 aliphatic heterocycles. The average Bonchev–Trinajstić information content (AvgIpc) is 2.54. The van der Waals surface area contributed by atoms with Gasteiger partial charge in [-0.25, -0.2) is 8.42 Å². The standard InChI is InChI=1S/C15H22N2O4S.ClH/c1-11-3-2-6-17(13(11)10-16)22(18,19)12-4-5-14-15(9-12)21-8-7-20-14;/h4-5,9,11,13H,2-3,6-8,10,16H2,1H3;1H. The molecule has 0 bridgehead atoms. The van der Waals surface area contributed by atoms with Crippen LogP contribution in [0.2, 0.25) is 0 Å². The summed E-state index contributed by atoms with van der Waals surface area (Å²) in [6, 6.07) is 4.64. The summed E-state index contributed by atoms with van der Waals surface area (Å²) in [5, 5.41) is 0. The second-order valence-electron chi connectivity index (χ2n) is 5.84. The van der Waals surface area contributed by atoms with Gasteiger partial charge in [0.1, 0.15) is 13.2 Å². The minimum absolute atomic E-state index is 0. The van der Waals surface area contributed by atoms with E-state index in [9.17, 15) is 8.42 Å². The highest BCUT2D eigenvalue weighted by Gasteiger charge is 2.36. The van der Waals surface area contributed by atoms with Crippen LogP contribution in [0.4, 0.5) is 0 Å². The Morgan fingerprint density at radius 3 is 2.65 bits per heavy atom.